The second kappa shape index (κ2) is 11.3. The lowest BCUT2D eigenvalue weighted by Gasteiger charge is -2.23. The van der Waals surface area contributed by atoms with Gasteiger partial charge < -0.3 is 19.1 Å². The number of likely N-dealkylation sites (tertiary alicyclic amines) is 1. The van der Waals surface area contributed by atoms with Crippen molar-refractivity contribution < 1.29 is 23.8 Å². The molecule has 0 radical (unpaired) electrons. The molecule has 0 saturated carbocycles. The zero-order valence-electron chi connectivity index (χ0n) is 22.1. The third kappa shape index (κ3) is 5.67. The van der Waals surface area contributed by atoms with Crippen LogP contribution in [0.25, 0.3) is 0 Å². The van der Waals surface area contributed by atoms with E-state index in [0.717, 1.165) is 23.2 Å². The maximum atomic E-state index is 13.3. The number of methoxy groups -OCH3 is 1. The molecule has 2 aromatic carbocycles. The summed E-state index contributed by atoms with van der Waals surface area (Å²) in [6, 6.07) is 17.7. The first kappa shape index (κ1) is 25.8. The molecule has 9 heteroatoms. The number of carbonyl (C=O) groups excluding carboxylic acids is 2. The average Bonchev–Trinajstić information content (AvgIpc) is 3.65. The molecule has 2 fully saturated rings. The molecule has 0 spiro atoms. The van der Waals surface area contributed by atoms with Crippen LogP contribution in [-0.2, 0) is 20.9 Å². The Balaban J connectivity index is 1.25. The molecule has 3 heterocycles. The molecule has 0 aliphatic carbocycles. The molecule has 9 nitrogen and oxygen atoms in total. The van der Waals surface area contributed by atoms with Gasteiger partial charge in [-0.15, -0.1) is 0 Å². The molecule has 2 aliphatic rings. The first-order valence-corrected chi connectivity index (χ1v) is 13.0. The highest BCUT2D eigenvalue weighted by molar-refractivity contribution is 5.96. The highest BCUT2D eigenvalue weighted by atomic mass is 16.6. The van der Waals surface area contributed by atoms with Gasteiger partial charge in [0.2, 0.25) is 11.8 Å². The molecule has 3 aromatic rings. The molecular formula is C29H34N4O5. The van der Waals surface area contributed by atoms with E-state index in [9.17, 15) is 9.59 Å². The predicted molar refractivity (Wildman–Crippen MR) is 143 cm³/mol. The molecule has 2 amide bonds. The van der Waals surface area contributed by atoms with Crippen LogP contribution in [0.3, 0.4) is 0 Å². The molecule has 1 aromatic heterocycles. The first-order chi connectivity index (χ1) is 18.4. The fourth-order valence-corrected chi connectivity index (χ4v) is 5.04. The normalized spacial score (nSPS) is 19.1. The topological polar surface area (TPSA) is 86.1 Å². The largest absolute Gasteiger partial charge is 0.493 e. The Bertz CT molecular complexity index is 1290. The van der Waals surface area contributed by atoms with Crippen molar-refractivity contribution in [3.8, 4) is 11.5 Å². The van der Waals surface area contributed by atoms with Crippen LogP contribution in [0.1, 0.15) is 35.6 Å². The van der Waals surface area contributed by atoms with E-state index in [1.54, 1.807) is 24.0 Å². The van der Waals surface area contributed by atoms with Gasteiger partial charge in [0.05, 0.1) is 32.6 Å². The van der Waals surface area contributed by atoms with Gasteiger partial charge in [-0.1, -0.05) is 36.4 Å². The summed E-state index contributed by atoms with van der Waals surface area (Å²) in [5.41, 5.74) is 2.92. The summed E-state index contributed by atoms with van der Waals surface area (Å²) in [7, 11) is 3.35. The number of anilines is 1. The summed E-state index contributed by atoms with van der Waals surface area (Å²) in [5.74, 6) is 1.79. The van der Waals surface area contributed by atoms with Crippen LogP contribution in [0.5, 0.6) is 11.5 Å². The lowest BCUT2D eigenvalue weighted by Crippen LogP contribution is -2.40. The highest BCUT2D eigenvalue weighted by Crippen LogP contribution is 2.36. The van der Waals surface area contributed by atoms with Crippen molar-refractivity contribution in [2.45, 2.75) is 38.3 Å². The van der Waals surface area contributed by atoms with E-state index in [4.69, 9.17) is 14.2 Å². The quantitative estimate of drug-likeness (QED) is 0.432. The zero-order chi connectivity index (χ0) is 26.6. The number of benzene rings is 2. The van der Waals surface area contributed by atoms with E-state index < -0.39 is 0 Å². The van der Waals surface area contributed by atoms with Crippen LogP contribution in [0.2, 0.25) is 0 Å². The van der Waals surface area contributed by atoms with E-state index in [-0.39, 0.29) is 30.4 Å². The highest BCUT2D eigenvalue weighted by Gasteiger charge is 2.33. The number of amides is 2. The van der Waals surface area contributed by atoms with Crippen LogP contribution < -0.4 is 14.4 Å². The van der Waals surface area contributed by atoms with Crippen molar-refractivity contribution in [3.05, 3.63) is 71.4 Å². The van der Waals surface area contributed by atoms with Crippen molar-refractivity contribution in [2.24, 2.45) is 0 Å². The molecule has 0 unspecified atom stereocenters. The van der Waals surface area contributed by atoms with Crippen LogP contribution in [-0.4, -0.2) is 73.1 Å². The van der Waals surface area contributed by atoms with E-state index in [2.05, 4.69) is 5.10 Å². The van der Waals surface area contributed by atoms with Gasteiger partial charge in [-0.25, -0.2) is 4.68 Å². The Morgan fingerprint density at radius 1 is 1.16 bits per heavy atom. The van der Waals surface area contributed by atoms with Gasteiger partial charge in [0, 0.05) is 38.4 Å². The summed E-state index contributed by atoms with van der Waals surface area (Å²) in [6.07, 6.45) is 1.18. The van der Waals surface area contributed by atoms with Gasteiger partial charge in [-0.2, -0.15) is 5.10 Å². The number of likely N-dealkylation sites (N-methyl/N-ethyl adjacent to an activating group) is 1. The van der Waals surface area contributed by atoms with E-state index in [1.165, 1.54) is 0 Å². The molecule has 2 atom stereocenters. The van der Waals surface area contributed by atoms with Gasteiger partial charge >= 0.3 is 0 Å². The Kier molecular flexibility index (Phi) is 7.64. The molecule has 0 bridgehead atoms. The smallest absolute Gasteiger partial charge is 0.247 e. The second-order valence-electron chi connectivity index (χ2n) is 9.93. The molecule has 2 saturated heterocycles. The lowest BCUT2D eigenvalue weighted by molar-refractivity contribution is -0.132. The minimum absolute atomic E-state index is 0.00650. The fourth-order valence-electron chi connectivity index (χ4n) is 5.04. The summed E-state index contributed by atoms with van der Waals surface area (Å²) in [4.78, 5) is 29.4. The summed E-state index contributed by atoms with van der Waals surface area (Å²) in [6.45, 7) is 4.20. The number of ether oxygens (including phenoxy) is 3. The number of nitrogens with zero attached hydrogens (tertiary/aromatic N) is 4. The molecule has 0 N–H and O–H groups in total. The number of carbonyl (C=O) groups is 2. The number of aryl methyl sites for hydroxylation is 1. The maximum Gasteiger partial charge on any atom is 0.247 e. The first-order valence-electron chi connectivity index (χ1n) is 13.0. The van der Waals surface area contributed by atoms with E-state index in [0.29, 0.717) is 50.0 Å². The van der Waals surface area contributed by atoms with Gasteiger partial charge in [-0.05, 0) is 30.2 Å². The Morgan fingerprint density at radius 3 is 2.71 bits per heavy atom. The van der Waals surface area contributed by atoms with Crippen molar-refractivity contribution in [1.29, 1.82) is 0 Å². The molecular weight excluding hydrogens is 484 g/mol. The standard InChI is InChI=1S/C29H34N4O5/c1-20-13-27(33(30-20)16-21-7-5-4-6-8-21)31(2)29(35)18-32-17-23(15-28(32)34)22-9-10-25(36-3)26(14-22)38-24-11-12-37-19-24/h4-10,13-14,23-24H,11-12,15-19H2,1-3H3/t23-,24-/m1/s1. The van der Waals surface area contributed by atoms with E-state index >= 15 is 0 Å². The fraction of sp³-hybridized carbons (Fsp3) is 0.414. The molecule has 5 rings (SSSR count). The van der Waals surface area contributed by atoms with E-state index in [1.807, 2.05) is 66.2 Å². The van der Waals surface area contributed by atoms with Crippen molar-refractivity contribution in [1.82, 2.24) is 14.7 Å². The maximum absolute atomic E-state index is 13.3. The van der Waals surface area contributed by atoms with Crippen molar-refractivity contribution >= 4 is 17.6 Å². The Hall–Kier alpha value is -3.85. The number of rotatable bonds is 9. The van der Waals surface area contributed by atoms with Crippen LogP contribution >= 0.6 is 0 Å². The summed E-state index contributed by atoms with van der Waals surface area (Å²) < 4.78 is 18.9. The van der Waals surface area contributed by atoms with Crippen molar-refractivity contribution in [3.63, 3.8) is 0 Å². The van der Waals surface area contributed by atoms with Gasteiger partial charge in [0.1, 0.15) is 18.5 Å². The Morgan fingerprint density at radius 2 is 1.97 bits per heavy atom. The van der Waals surface area contributed by atoms with Gasteiger partial charge in [-0.3, -0.25) is 14.5 Å². The zero-order valence-corrected chi connectivity index (χ0v) is 22.1. The molecule has 200 valence electrons. The third-order valence-corrected chi connectivity index (χ3v) is 7.16. The van der Waals surface area contributed by atoms with Crippen molar-refractivity contribution in [2.75, 3.05) is 45.4 Å². The third-order valence-electron chi connectivity index (χ3n) is 7.16. The second-order valence-corrected chi connectivity index (χ2v) is 9.93. The predicted octanol–water partition coefficient (Wildman–Crippen LogP) is 3.40. The number of aromatic nitrogens is 2. The van der Waals surface area contributed by atoms with Crippen LogP contribution in [0.4, 0.5) is 5.82 Å². The minimum atomic E-state index is -0.159. The van der Waals surface area contributed by atoms with Crippen LogP contribution in [0.15, 0.2) is 54.6 Å². The lowest BCUT2D eigenvalue weighted by atomic mass is 9.98. The summed E-state index contributed by atoms with van der Waals surface area (Å²) in [5, 5.41) is 4.58. The molecule has 38 heavy (non-hydrogen) atoms. The summed E-state index contributed by atoms with van der Waals surface area (Å²) >= 11 is 0. The monoisotopic (exact) mass is 518 g/mol. The number of hydrogen-bond donors (Lipinski definition) is 0. The Labute approximate surface area is 222 Å². The molecule has 2 aliphatic heterocycles. The number of hydrogen-bond acceptors (Lipinski definition) is 6. The van der Waals surface area contributed by atoms with Gasteiger partial charge in [0.25, 0.3) is 0 Å². The average molecular weight is 519 g/mol. The SMILES string of the molecule is COc1ccc([C@@H]2CC(=O)N(CC(=O)N(C)c3cc(C)nn3Cc3ccccc3)C2)cc1O[C@@H]1CCOC1. The minimum Gasteiger partial charge on any atom is -0.493 e. The van der Waals surface area contributed by atoms with Crippen LogP contribution in [0, 0.1) is 6.92 Å². The van der Waals surface area contributed by atoms with Gasteiger partial charge in [0.15, 0.2) is 11.5 Å².